The van der Waals surface area contributed by atoms with Gasteiger partial charge in [0.25, 0.3) is 6.43 Å². The van der Waals surface area contributed by atoms with Crippen LogP contribution in [0.5, 0.6) is 0 Å². The number of alkyl halides is 2. The first-order valence-electron chi connectivity index (χ1n) is 10.6. The van der Waals surface area contributed by atoms with Crippen LogP contribution in [0.25, 0.3) is 21.5 Å². The van der Waals surface area contributed by atoms with Crippen LogP contribution in [0.2, 0.25) is 0 Å². The predicted molar refractivity (Wildman–Crippen MR) is 118 cm³/mol. The number of aryl methyl sites for hydroxylation is 1. The number of urea groups is 1. The third-order valence-corrected chi connectivity index (χ3v) is 6.99. The zero-order valence-electron chi connectivity index (χ0n) is 17.5. The lowest BCUT2D eigenvalue weighted by Gasteiger charge is -2.39. The smallest absolute Gasteiger partial charge is 0.318 e. The molecule has 3 aromatic rings. The van der Waals surface area contributed by atoms with Crippen molar-refractivity contribution in [3.05, 3.63) is 29.4 Å². The molecular weight excluding hydrogens is 436 g/mol. The normalized spacial score (nSPS) is 22.6. The van der Waals surface area contributed by atoms with E-state index in [0.717, 1.165) is 33.8 Å². The van der Waals surface area contributed by atoms with Crippen LogP contribution in [0.3, 0.4) is 0 Å². The molecule has 0 radical (unpaired) electrons. The number of piperidine rings is 1. The van der Waals surface area contributed by atoms with Crippen molar-refractivity contribution in [3.8, 4) is 10.6 Å². The number of benzene rings is 1. The fourth-order valence-corrected chi connectivity index (χ4v) is 5.41. The minimum atomic E-state index is -2.37. The number of hydrogen-bond acceptors (Lipinski definition) is 7. The summed E-state index contributed by atoms with van der Waals surface area (Å²) in [5.41, 5.74) is 1.62. The Hall–Kier alpha value is -2.79. The molecule has 11 heteroatoms. The number of rotatable bonds is 5. The lowest BCUT2D eigenvalue weighted by atomic mass is 9.97. The first-order chi connectivity index (χ1) is 15.5. The van der Waals surface area contributed by atoms with E-state index in [1.54, 1.807) is 6.20 Å². The number of nitrogens with one attached hydrogen (secondary N) is 2. The maximum Gasteiger partial charge on any atom is 0.324 e. The van der Waals surface area contributed by atoms with Crippen LogP contribution in [-0.2, 0) is 0 Å². The molecule has 2 bridgehead atoms. The SMILES string of the molecule is Cc1nnc(-c2ccc3cnc(NC(=O)N4[C@@H]5CC[C@H]4C[C@H](NCC(F)F)C5)nc3c2)s1. The van der Waals surface area contributed by atoms with E-state index >= 15 is 0 Å². The molecule has 2 aliphatic rings. The maximum atomic E-state index is 13.0. The first-order valence-corrected chi connectivity index (χ1v) is 11.5. The van der Waals surface area contributed by atoms with E-state index < -0.39 is 6.43 Å². The van der Waals surface area contributed by atoms with Gasteiger partial charge in [0, 0.05) is 35.3 Å². The highest BCUT2D eigenvalue weighted by atomic mass is 32.1. The highest BCUT2D eigenvalue weighted by Crippen LogP contribution is 2.36. The molecule has 2 aromatic heterocycles. The van der Waals surface area contributed by atoms with Gasteiger partial charge < -0.3 is 10.2 Å². The molecule has 3 atom stereocenters. The monoisotopic (exact) mass is 459 g/mol. The second-order valence-corrected chi connectivity index (χ2v) is 9.47. The van der Waals surface area contributed by atoms with E-state index in [0.29, 0.717) is 18.4 Å². The molecule has 2 saturated heterocycles. The van der Waals surface area contributed by atoms with Crippen molar-refractivity contribution in [2.75, 3.05) is 11.9 Å². The molecule has 5 rings (SSSR count). The summed E-state index contributed by atoms with van der Waals surface area (Å²) in [6, 6.07) is 5.65. The predicted octanol–water partition coefficient (Wildman–Crippen LogP) is 3.84. The largest absolute Gasteiger partial charge is 0.324 e. The van der Waals surface area contributed by atoms with Crippen molar-refractivity contribution in [2.45, 2.75) is 57.2 Å². The van der Waals surface area contributed by atoms with Crippen LogP contribution >= 0.6 is 11.3 Å². The zero-order chi connectivity index (χ0) is 22.2. The molecule has 2 aliphatic heterocycles. The number of amides is 2. The molecular formula is C21H23F2N7OS. The Morgan fingerprint density at radius 1 is 1.25 bits per heavy atom. The van der Waals surface area contributed by atoms with Crippen molar-refractivity contribution < 1.29 is 13.6 Å². The number of carbonyl (C=O) groups is 1. The van der Waals surface area contributed by atoms with Crippen LogP contribution in [0.1, 0.15) is 30.7 Å². The summed E-state index contributed by atoms with van der Waals surface area (Å²) in [4.78, 5) is 23.7. The molecule has 2 amide bonds. The molecule has 0 saturated carbocycles. The van der Waals surface area contributed by atoms with Crippen LogP contribution in [0.4, 0.5) is 19.5 Å². The number of anilines is 1. The zero-order valence-corrected chi connectivity index (χ0v) is 18.3. The van der Waals surface area contributed by atoms with Crippen LogP contribution in [-0.4, -0.2) is 62.2 Å². The molecule has 0 aliphatic carbocycles. The van der Waals surface area contributed by atoms with Crippen LogP contribution in [0.15, 0.2) is 24.4 Å². The Labute approximate surface area is 187 Å². The first kappa shape index (κ1) is 21.1. The summed E-state index contributed by atoms with van der Waals surface area (Å²) in [6.45, 7) is 1.60. The third-order valence-electron chi connectivity index (χ3n) is 6.10. The maximum absolute atomic E-state index is 13.0. The van der Waals surface area contributed by atoms with Gasteiger partial charge in [-0.2, -0.15) is 0 Å². The summed E-state index contributed by atoms with van der Waals surface area (Å²) in [5.74, 6) is 0.241. The number of carbonyl (C=O) groups excluding carboxylic acids is 1. The second kappa shape index (κ2) is 8.62. The molecule has 2 N–H and O–H groups in total. The van der Waals surface area contributed by atoms with Gasteiger partial charge >= 0.3 is 6.03 Å². The van der Waals surface area contributed by atoms with Gasteiger partial charge in [0.1, 0.15) is 10.0 Å². The number of fused-ring (bicyclic) bond motifs is 3. The summed E-state index contributed by atoms with van der Waals surface area (Å²) in [6.07, 6.45) is 2.44. The Kier molecular flexibility index (Phi) is 5.68. The van der Waals surface area contributed by atoms with Gasteiger partial charge in [0.2, 0.25) is 5.95 Å². The number of halogens is 2. The molecule has 8 nitrogen and oxygen atoms in total. The molecule has 0 unspecified atom stereocenters. The van der Waals surface area contributed by atoms with E-state index in [9.17, 15) is 13.6 Å². The average molecular weight is 460 g/mol. The lowest BCUT2D eigenvalue weighted by Crippen LogP contribution is -2.53. The highest BCUT2D eigenvalue weighted by Gasteiger charge is 2.43. The quantitative estimate of drug-likeness (QED) is 0.602. The highest BCUT2D eigenvalue weighted by molar-refractivity contribution is 7.14. The number of hydrogen-bond donors (Lipinski definition) is 2. The van der Waals surface area contributed by atoms with Crippen LogP contribution in [0, 0.1) is 6.92 Å². The molecule has 1 aromatic carbocycles. The average Bonchev–Trinajstić information content (AvgIpc) is 3.32. The Morgan fingerprint density at radius 3 is 2.72 bits per heavy atom. The topological polar surface area (TPSA) is 95.9 Å². The van der Waals surface area contributed by atoms with Crippen molar-refractivity contribution in [1.29, 1.82) is 0 Å². The molecule has 32 heavy (non-hydrogen) atoms. The number of aromatic nitrogens is 4. The molecule has 4 heterocycles. The van der Waals surface area contributed by atoms with Crippen molar-refractivity contribution in [2.24, 2.45) is 0 Å². The second-order valence-electron chi connectivity index (χ2n) is 8.28. The van der Waals surface area contributed by atoms with Crippen LogP contribution < -0.4 is 10.6 Å². The summed E-state index contributed by atoms with van der Waals surface area (Å²) in [5, 5.41) is 16.6. The van der Waals surface area contributed by atoms with E-state index in [2.05, 4.69) is 30.8 Å². The Bertz CT molecular complexity index is 1130. The van der Waals surface area contributed by atoms with Gasteiger partial charge in [-0.05, 0) is 38.7 Å². The van der Waals surface area contributed by atoms with Crippen molar-refractivity contribution in [3.63, 3.8) is 0 Å². The van der Waals surface area contributed by atoms with Gasteiger partial charge in [-0.3, -0.25) is 5.32 Å². The van der Waals surface area contributed by atoms with E-state index in [4.69, 9.17) is 0 Å². The summed E-state index contributed by atoms with van der Waals surface area (Å²) in [7, 11) is 0. The standard InChI is InChI=1S/C21H23F2N7OS/c1-11-28-29-19(32-11)12-2-3-13-9-25-20(26-17(13)6-12)27-21(31)30-15-4-5-16(30)8-14(7-15)24-10-18(22)23/h2-3,6,9,14-16,18,24H,4-5,7-8,10H2,1H3,(H,25,26,27,31)/t14-,15-,16+. The van der Waals surface area contributed by atoms with Gasteiger partial charge in [-0.25, -0.2) is 23.5 Å². The fraction of sp³-hybridized carbons (Fsp3) is 0.476. The Balaban J connectivity index is 1.29. The summed E-state index contributed by atoms with van der Waals surface area (Å²) < 4.78 is 25.0. The van der Waals surface area contributed by atoms with Crippen molar-refractivity contribution >= 4 is 34.2 Å². The fourth-order valence-electron chi connectivity index (χ4n) is 4.72. The molecule has 168 valence electrons. The van der Waals surface area contributed by atoms with E-state index in [1.165, 1.54) is 11.3 Å². The molecule has 0 spiro atoms. The lowest BCUT2D eigenvalue weighted by molar-refractivity contribution is 0.115. The molecule has 2 fully saturated rings. The van der Waals surface area contributed by atoms with Gasteiger partial charge in [0.05, 0.1) is 12.1 Å². The van der Waals surface area contributed by atoms with E-state index in [1.807, 2.05) is 30.0 Å². The Morgan fingerprint density at radius 2 is 2.03 bits per heavy atom. The number of nitrogens with zero attached hydrogens (tertiary/aromatic N) is 5. The van der Waals surface area contributed by atoms with Gasteiger partial charge in [-0.15, -0.1) is 10.2 Å². The van der Waals surface area contributed by atoms with E-state index in [-0.39, 0.29) is 36.6 Å². The van der Waals surface area contributed by atoms with Gasteiger partial charge in [0.15, 0.2) is 0 Å². The van der Waals surface area contributed by atoms with Gasteiger partial charge in [-0.1, -0.05) is 23.5 Å². The van der Waals surface area contributed by atoms with Crippen molar-refractivity contribution in [1.82, 2.24) is 30.4 Å². The summed E-state index contributed by atoms with van der Waals surface area (Å²) >= 11 is 1.51. The minimum Gasteiger partial charge on any atom is -0.318 e. The minimum absolute atomic E-state index is 0.0184. The third kappa shape index (κ3) is 4.26.